The van der Waals surface area contributed by atoms with Crippen LogP contribution in [0.25, 0.3) is 0 Å². The third-order valence-electron chi connectivity index (χ3n) is 4.70. The molecule has 1 aliphatic rings. The van der Waals surface area contributed by atoms with E-state index in [4.69, 9.17) is 0 Å². The van der Waals surface area contributed by atoms with E-state index in [0.717, 1.165) is 24.0 Å². The molecule has 0 spiro atoms. The van der Waals surface area contributed by atoms with Crippen LogP contribution < -0.4 is 5.32 Å². The summed E-state index contributed by atoms with van der Waals surface area (Å²) < 4.78 is 27.3. The fraction of sp³-hybridized carbons (Fsp3) is 0.625. The summed E-state index contributed by atoms with van der Waals surface area (Å²) in [4.78, 5) is 0.420. The zero-order chi connectivity index (χ0) is 15.6. The Bertz CT molecular complexity index is 598. The molecule has 1 saturated heterocycles. The zero-order valence-electron chi connectivity index (χ0n) is 13.4. The van der Waals surface area contributed by atoms with Crippen molar-refractivity contribution >= 4 is 10.0 Å². The monoisotopic (exact) mass is 310 g/mol. The Labute approximate surface area is 128 Å². The number of nitrogens with one attached hydrogen (secondary N) is 1. The second kappa shape index (κ2) is 6.46. The van der Waals surface area contributed by atoms with Gasteiger partial charge in [0.1, 0.15) is 0 Å². The molecule has 21 heavy (non-hydrogen) atoms. The molecule has 0 aliphatic carbocycles. The number of nitrogens with zero attached hydrogens (tertiary/aromatic N) is 1. The molecule has 0 aromatic heterocycles. The van der Waals surface area contributed by atoms with Gasteiger partial charge in [0.05, 0.1) is 4.90 Å². The van der Waals surface area contributed by atoms with Gasteiger partial charge in [0, 0.05) is 19.1 Å². The first-order valence-electron chi connectivity index (χ1n) is 7.61. The maximum Gasteiger partial charge on any atom is 0.243 e. The summed E-state index contributed by atoms with van der Waals surface area (Å²) in [6.45, 7) is 7.31. The van der Waals surface area contributed by atoms with Gasteiger partial charge in [0.25, 0.3) is 0 Å². The number of sulfonamides is 1. The van der Waals surface area contributed by atoms with Crippen molar-refractivity contribution in [3.63, 3.8) is 0 Å². The Balaban J connectivity index is 2.24. The molecule has 2 rings (SSSR count). The van der Waals surface area contributed by atoms with Gasteiger partial charge < -0.3 is 5.32 Å². The first-order valence-corrected chi connectivity index (χ1v) is 9.05. The first-order chi connectivity index (χ1) is 9.86. The van der Waals surface area contributed by atoms with Crippen LogP contribution >= 0.6 is 0 Å². The lowest BCUT2D eigenvalue weighted by Crippen LogP contribution is -2.45. The predicted octanol–water partition coefficient (Wildman–Crippen LogP) is 2.31. The van der Waals surface area contributed by atoms with E-state index in [1.54, 1.807) is 16.4 Å². The number of piperidine rings is 1. The lowest BCUT2D eigenvalue weighted by Gasteiger charge is -2.35. The first kappa shape index (κ1) is 16.5. The van der Waals surface area contributed by atoms with Gasteiger partial charge >= 0.3 is 0 Å². The average molecular weight is 310 g/mol. The van der Waals surface area contributed by atoms with Crippen LogP contribution in [0.2, 0.25) is 0 Å². The Morgan fingerprint density at radius 3 is 2.62 bits per heavy atom. The summed E-state index contributed by atoms with van der Waals surface area (Å²) in [6, 6.07) is 5.74. The minimum Gasteiger partial charge on any atom is -0.317 e. The molecule has 0 saturated carbocycles. The topological polar surface area (TPSA) is 49.4 Å². The van der Waals surface area contributed by atoms with Gasteiger partial charge in [-0.15, -0.1) is 0 Å². The van der Waals surface area contributed by atoms with Crippen LogP contribution in [0.5, 0.6) is 0 Å². The van der Waals surface area contributed by atoms with Crippen molar-refractivity contribution in [2.45, 2.75) is 44.6 Å². The molecule has 2 atom stereocenters. The molecule has 1 N–H and O–H groups in total. The molecule has 4 nitrogen and oxygen atoms in total. The van der Waals surface area contributed by atoms with Crippen LogP contribution in [0.15, 0.2) is 23.1 Å². The average Bonchev–Trinajstić information content (AvgIpc) is 2.49. The lowest BCUT2D eigenvalue weighted by molar-refractivity contribution is 0.229. The summed E-state index contributed by atoms with van der Waals surface area (Å²) in [5.41, 5.74) is 2.14. The van der Waals surface area contributed by atoms with Gasteiger partial charge in [-0.2, -0.15) is 4.31 Å². The minimum atomic E-state index is -3.37. The molecule has 118 valence electrons. The van der Waals surface area contributed by atoms with E-state index in [1.807, 2.05) is 27.0 Å². The van der Waals surface area contributed by atoms with E-state index in [0.29, 0.717) is 29.9 Å². The molecule has 1 heterocycles. The number of aryl methyl sites for hydroxylation is 2. The smallest absolute Gasteiger partial charge is 0.243 e. The van der Waals surface area contributed by atoms with Crippen LogP contribution in [-0.2, 0) is 10.0 Å². The Kier molecular flexibility index (Phi) is 5.07. The van der Waals surface area contributed by atoms with E-state index < -0.39 is 10.0 Å². The number of hydrogen-bond donors (Lipinski definition) is 1. The van der Waals surface area contributed by atoms with Gasteiger partial charge in [0.15, 0.2) is 0 Å². The third-order valence-corrected chi connectivity index (χ3v) is 6.56. The molecule has 0 bridgehead atoms. The summed E-state index contributed by atoms with van der Waals surface area (Å²) >= 11 is 0. The van der Waals surface area contributed by atoms with E-state index in [-0.39, 0.29) is 0 Å². The maximum atomic E-state index is 12.8. The van der Waals surface area contributed by atoms with Crippen LogP contribution in [0.3, 0.4) is 0 Å². The quantitative estimate of drug-likeness (QED) is 0.928. The van der Waals surface area contributed by atoms with Crippen LogP contribution in [0.1, 0.15) is 30.9 Å². The van der Waals surface area contributed by atoms with Crippen molar-refractivity contribution in [3.05, 3.63) is 29.3 Å². The van der Waals surface area contributed by atoms with Gasteiger partial charge in [-0.3, -0.25) is 0 Å². The highest BCUT2D eigenvalue weighted by molar-refractivity contribution is 7.89. The van der Waals surface area contributed by atoms with Crippen molar-refractivity contribution in [3.8, 4) is 0 Å². The van der Waals surface area contributed by atoms with Gasteiger partial charge in [-0.05, 0) is 69.8 Å². The zero-order valence-corrected chi connectivity index (χ0v) is 14.2. The number of rotatable bonds is 4. The molecular weight excluding hydrogens is 284 g/mol. The maximum absolute atomic E-state index is 12.8. The molecule has 1 aromatic rings. The van der Waals surface area contributed by atoms with Crippen LogP contribution in [-0.4, -0.2) is 38.9 Å². The van der Waals surface area contributed by atoms with Crippen molar-refractivity contribution in [1.29, 1.82) is 0 Å². The van der Waals surface area contributed by atoms with E-state index in [9.17, 15) is 8.42 Å². The molecule has 2 unspecified atom stereocenters. The SMILES string of the molecule is CNC(C)C1CCCN(S(=O)(=O)c2ccc(C)c(C)c2)C1. The van der Waals surface area contributed by atoms with E-state index >= 15 is 0 Å². The molecule has 1 fully saturated rings. The molecule has 0 radical (unpaired) electrons. The molecule has 1 aliphatic heterocycles. The van der Waals surface area contributed by atoms with E-state index in [1.165, 1.54) is 0 Å². The highest BCUT2D eigenvalue weighted by Crippen LogP contribution is 2.26. The van der Waals surface area contributed by atoms with Gasteiger partial charge in [-0.25, -0.2) is 8.42 Å². The van der Waals surface area contributed by atoms with Crippen molar-refractivity contribution < 1.29 is 8.42 Å². The van der Waals surface area contributed by atoms with Crippen LogP contribution in [0, 0.1) is 19.8 Å². The summed E-state index contributed by atoms with van der Waals surface area (Å²) in [6.07, 6.45) is 2.02. The molecule has 5 heteroatoms. The molecule has 0 amide bonds. The Morgan fingerprint density at radius 1 is 1.29 bits per heavy atom. The van der Waals surface area contributed by atoms with Gasteiger partial charge in [0.2, 0.25) is 10.0 Å². The lowest BCUT2D eigenvalue weighted by atomic mass is 9.93. The Hall–Kier alpha value is -0.910. The van der Waals surface area contributed by atoms with Crippen molar-refractivity contribution in [2.75, 3.05) is 20.1 Å². The summed E-state index contributed by atoms with van der Waals surface area (Å²) in [5, 5.41) is 3.24. The fourth-order valence-electron chi connectivity index (χ4n) is 2.86. The minimum absolute atomic E-state index is 0.336. The highest BCUT2D eigenvalue weighted by Gasteiger charge is 2.32. The molecular formula is C16H26N2O2S. The van der Waals surface area contributed by atoms with Crippen LogP contribution in [0.4, 0.5) is 0 Å². The highest BCUT2D eigenvalue weighted by atomic mass is 32.2. The Morgan fingerprint density at radius 2 is 2.00 bits per heavy atom. The largest absolute Gasteiger partial charge is 0.317 e. The second-order valence-corrected chi connectivity index (χ2v) is 8.03. The standard InChI is InChI=1S/C16H26N2O2S/c1-12-7-8-16(10-13(12)2)21(19,20)18-9-5-6-15(11-18)14(3)17-4/h7-8,10,14-15,17H,5-6,9,11H2,1-4H3. The molecule has 1 aromatic carbocycles. The van der Waals surface area contributed by atoms with Gasteiger partial charge in [-0.1, -0.05) is 6.07 Å². The summed E-state index contributed by atoms with van der Waals surface area (Å²) in [5.74, 6) is 0.380. The van der Waals surface area contributed by atoms with Crippen molar-refractivity contribution in [1.82, 2.24) is 9.62 Å². The number of benzene rings is 1. The number of hydrogen-bond acceptors (Lipinski definition) is 3. The fourth-order valence-corrected chi connectivity index (χ4v) is 4.48. The second-order valence-electron chi connectivity index (χ2n) is 6.09. The van der Waals surface area contributed by atoms with Crippen molar-refractivity contribution in [2.24, 2.45) is 5.92 Å². The van der Waals surface area contributed by atoms with E-state index in [2.05, 4.69) is 12.2 Å². The summed E-state index contributed by atoms with van der Waals surface area (Å²) in [7, 11) is -1.44. The predicted molar refractivity (Wildman–Crippen MR) is 85.9 cm³/mol. The normalized spacial score (nSPS) is 22.2. The third kappa shape index (κ3) is 3.47.